The summed E-state index contributed by atoms with van der Waals surface area (Å²) in [6, 6.07) is 10.1. The zero-order chi connectivity index (χ0) is 19.3. The number of carbonyl (C=O) groups excluding carboxylic acids is 2. The maximum atomic E-state index is 12.9. The first-order chi connectivity index (χ1) is 13.7. The van der Waals surface area contributed by atoms with E-state index in [0.29, 0.717) is 38.1 Å². The summed E-state index contributed by atoms with van der Waals surface area (Å²) in [6.45, 7) is 5.63. The van der Waals surface area contributed by atoms with Crippen LogP contribution in [0.4, 0.5) is 0 Å². The minimum atomic E-state index is -0.154. The van der Waals surface area contributed by atoms with Gasteiger partial charge in [0.1, 0.15) is 6.04 Å². The van der Waals surface area contributed by atoms with E-state index in [1.165, 1.54) is 0 Å². The number of hydrogen-bond acceptors (Lipinski definition) is 6. The lowest BCUT2D eigenvalue weighted by Gasteiger charge is -2.37. The molecule has 0 radical (unpaired) electrons. The molecule has 3 fully saturated rings. The van der Waals surface area contributed by atoms with Crippen LogP contribution in [0.5, 0.6) is 0 Å². The molecule has 0 spiro atoms. The van der Waals surface area contributed by atoms with Crippen molar-refractivity contribution in [2.75, 3.05) is 45.8 Å². The molecule has 29 heavy (non-hydrogen) atoms. The van der Waals surface area contributed by atoms with Gasteiger partial charge in [0.05, 0.1) is 6.54 Å². The highest BCUT2D eigenvalue weighted by molar-refractivity contribution is 5.85. The van der Waals surface area contributed by atoms with Crippen LogP contribution in [0.25, 0.3) is 0 Å². The van der Waals surface area contributed by atoms with Crippen LogP contribution in [0, 0.1) is 5.92 Å². The Hall–Kier alpha value is -1.71. The first-order valence-electron chi connectivity index (χ1n) is 10.2. The maximum absolute atomic E-state index is 12.9. The Balaban J connectivity index is 0.00000240. The molecule has 4 rings (SSSR count). The van der Waals surface area contributed by atoms with Crippen molar-refractivity contribution in [2.24, 2.45) is 5.92 Å². The summed E-state index contributed by atoms with van der Waals surface area (Å²) in [5.74, 6) is 0.515. The number of benzene rings is 1. The molecule has 0 saturated carbocycles. The fourth-order valence-corrected chi connectivity index (χ4v) is 4.34. The number of carbonyl (C=O) groups is 2. The van der Waals surface area contributed by atoms with Crippen LogP contribution < -0.4 is 21.5 Å². The summed E-state index contributed by atoms with van der Waals surface area (Å²) in [6.07, 6.45) is 1.05. The van der Waals surface area contributed by atoms with E-state index in [9.17, 15) is 9.59 Å². The van der Waals surface area contributed by atoms with Gasteiger partial charge in [0.25, 0.3) is 0 Å². The van der Waals surface area contributed by atoms with Gasteiger partial charge in [0.2, 0.25) is 11.8 Å². The van der Waals surface area contributed by atoms with Gasteiger partial charge < -0.3 is 15.5 Å². The third kappa shape index (κ3) is 5.46. The summed E-state index contributed by atoms with van der Waals surface area (Å²) in [4.78, 5) is 29.2. The second kappa shape index (κ2) is 10.4. The van der Waals surface area contributed by atoms with Crippen molar-refractivity contribution < 1.29 is 9.59 Å². The molecule has 0 aliphatic carbocycles. The van der Waals surface area contributed by atoms with Gasteiger partial charge in [-0.25, -0.2) is 5.43 Å². The monoisotopic (exact) mass is 422 g/mol. The SMILES string of the molecule is Cl.O=C(CN1CCN(C(=O)C2NNC3CCNCC32)CC1)NCc1ccccc1. The standard InChI is InChI=1S/C20H30N6O2.ClH/c27-18(22-12-15-4-2-1-3-5-15)14-25-8-10-26(11-9-25)20(28)19-16-13-21-7-6-17(16)23-24-19;/h1-5,16-17,19,21,23-24H,6-14H2,(H,22,27);1H. The van der Waals surface area contributed by atoms with Crippen LogP contribution >= 0.6 is 12.4 Å². The average molecular weight is 423 g/mol. The number of hydrogen-bond donors (Lipinski definition) is 4. The fraction of sp³-hybridized carbons (Fsp3) is 0.600. The van der Waals surface area contributed by atoms with E-state index < -0.39 is 0 Å². The molecule has 9 heteroatoms. The molecule has 4 N–H and O–H groups in total. The van der Waals surface area contributed by atoms with E-state index in [-0.39, 0.29) is 30.3 Å². The molecule has 2 amide bonds. The Morgan fingerprint density at radius 3 is 2.59 bits per heavy atom. The lowest BCUT2D eigenvalue weighted by atomic mass is 9.89. The number of nitrogens with one attached hydrogen (secondary N) is 4. The molecule has 3 aliphatic heterocycles. The molecule has 3 atom stereocenters. The quantitative estimate of drug-likeness (QED) is 0.503. The Labute approximate surface area is 178 Å². The average Bonchev–Trinajstić information content (AvgIpc) is 3.17. The van der Waals surface area contributed by atoms with E-state index in [4.69, 9.17) is 0 Å². The highest BCUT2D eigenvalue weighted by Gasteiger charge is 2.43. The van der Waals surface area contributed by atoms with Crippen molar-refractivity contribution in [1.29, 1.82) is 0 Å². The molecule has 0 bridgehead atoms. The molecule has 0 aromatic heterocycles. The predicted molar refractivity (Wildman–Crippen MR) is 113 cm³/mol. The van der Waals surface area contributed by atoms with Crippen LogP contribution in [-0.4, -0.2) is 79.5 Å². The third-order valence-corrected chi connectivity index (χ3v) is 6.03. The van der Waals surface area contributed by atoms with Gasteiger partial charge in [0.15, 0.2) is 0 Å². The Kier molecular flexibility index (Phi) is 7.85. The van der Waals surface area contributed by atoms with Crippen LogP contribution in [-0.2, 0) is 16.1 Å². The highest BCUT2D eigenvalue weighted by atomic mass is 35.5. The maximum Gasteiger partial charge on any atom is 0.241 e. The van der Waals surface area contributed by atoms with Crippen LogP contribution in [0.1, 0.15) is 12.0 Å². The molecule has 1 aromatic rings. The van der Waals surface area contributed by atoms with Gasteiger partial charge in [-0.15, -0.1) is 12.4 Å². The van der Waals surface area contributed by atoms with Gasteiger partial charge in [-0.3, -0.25) is 19.9 Å². The number of piperidine rings is 1. The zero-order valence-corrected chi connectivity index (χ0v) is 17.4. The number of hydrazine groups is 1. The minimum Gasteiger partial charge on any atom is -0.351 e. The predicted octanol–water partition coefficient (Wildman–Crippen LogP) is -0.677. The third-order valence-electron chi connectivity index (χ3n) is 6.03. The van der Waals surface area contributed by atoms with Crippen molar-refractivity contribution in [3.05, 3.63) is 35.9 Å². The normalized spacial score (nSPS) is 27.0. The highest BCUT2D eigenvalue weighted by Crippen LogP contribution is 2.22. The van der Waals surface area contributed by atoms with Gasteiger partial charge in [0, 0.05) is 51.2 Å². The molecular weight excluding hydrogens is 392 g/mol. The Morgan fingerprint density at radius 1 is 1.07 bits per heavy atom. The Morgan fingerprint density at radius 2 is 1.83 bits per heavy atom. The minimum absolute atomic E-state index is 0. The van der Waals surface area contributed by atoms with Crippen molar-refractivity contribution in [2.45, 2.75) is 25.0 Å². The number of amides is 2. The van der Waals surface area contributed by atoms with Crippen LogP contribution in [0.2, 0.25) is 0 Å². The molecule has 3 aliphatic rings. The first kappa shape index (κ1) is 22.0. The largest absolute Gasteiger partial charge is 0.351 e. The molecule has 3 heterocycles. The number of piperazine rings is 1. The number of nitrogens with zero attached hydrogens (tertiary/aromatic N) is 2. The zero-order valence-electron chi connectivity index (χ0n) is 16.6. The van der Waals surface area contributed by atoms with Crippen molar-refractivity contribution in [1.82, 2.24) is 31.3 Å². The molecule has 3 unspecified atom stereocenters. The van der Waals surface area contributed by atoms with Crippen molar-refractivity contribution in [3.63, 3.8) is 0 Å². The molecule has 8 nitrogen and oxygen atoms in total. The summed E-state index contributed by atoms with van der Waals surface area (Å²) in [7, 11) is 0. The first-order valence-corrected chi connectivity index (χ1v) is 10.2. The van der Waals surface area contributed by atoms with E-state index in [1.54, 1.807) is 0 Å². The van der Waals surface area contributed by atoms with Crippen molar-refractivity contribution in [3.8, 4) is 0 Å². The van der Waals surface area contributed by atoms with Crippen molar-refractivity contribution >= 4 is 24.2 Å². The van der Waals surface area contributed by atoms with Crippen LogP contribution in [0.15, 0.2) is 30.3 Å². The van der Waals surface area contributed by atoms with E-state index in [1.807, 2.05) is 35.2 Å². The van der Waals surface area contributed by atoms with E-state index in [0.717, 1.165) is 38.2 Å². The lowest BCUT2D eigenvalue weighted by molar-refractivity contribution is -0.136. The number of halogens is 1. The lowest BCUT2D eigenvalue weighted by Crippen LogP contribution is -2.56. The van der Waals surface area contributed by atoms with E-state index >= 15 is 0 Å². The second-order valence-electron chi connectivity index (χ2n) is 7.89. The summed E-state index contributed by atoms with van der Waals surface area (Å²) in [5, 5.41) is 6.36. The van der Waals surface area contributed by atoms with Gasteiger partial charge in [-0.1, -0.05) is 30.3 Å². The summed E-state index contributed by atoms with van der Waals surface area (Å²) in [5.41, 5.74) is 7.60. The van der Waals surface area contributed by atoms with E-state index in [2.05, 4.69) is 26.4 Å². The second-order valence-corrected chi connectivity index (χ2v) is 7.89. The molecule has 3 saturated heterocycles. The molecular formula is C20H31ClN6O2. The van der Waals surface area contributed by atoms with Gasteiger partial charge in [-0.2, -0.15) is 0 Å². The number of rotatable bonds is 5. The summed E-state index contributed by atoms with van der Waals surface area (Å²) >= 11 is 0. The molecule has 160 valence electrons. The van der Waals surface area contributed by atoms with Gasteiger partial charge in [-0.05, 0) is 18.5 Å². The Bertz CT molecular complexity index is 683. The smallest absolute Gasteiger partial charge is 0.241 e. The van der Waals surface area contributed by atoms with Gasteiger partial charge >= 0.3 is 0 Å². The summed E-state index contributed by atoms with van der Waals surface area (Å²) < 4.78 is 0. The fourth-order valence-electron chi connectivity index (χ4n) is 4.34. The topological polar surface area (TPSA) is 88.7 Å². The molecule has 1 aromatic carbocycles. The van der Waals surface area contributed by atoms with Crippen LogP contribution in [0.3, 0.4) is 0 Å². The number of fused-ring (bicyclic) bond motifs is 1.